The molecular weight excluding hydrogens is 378 g/mol. The van der Waals surface area contributed by atoms with E-state index in [9.17, 15) is 9.59 Å². The zero-order chi connectivity index (χ0) is 16.9. The number of rotatable bonds is 3. The highest BCUT2D eigenvalue weighted by Gasteiger charge is 2.20. The van der Waals surface area contributed by atoms with Crippen LogP contribution in [0.4, 0.5) is 0 Å². The summed E-state index contributed by atoms with van der Waals surface area (Å²) in [6, 6.07) is 12.8. The molecule has 0 atom stereocenters. The van der Waals surface area contributed by atoms with Gasteiger partial charge in [-0.25, -0.2) is 0 Å². The highest BCUT2D eigenvalue weighted by Crippen LogP contribution is 2.31. The van der Waals surface area contributed by atoms with Crippen molar-refractivity contribution in [1.82, 2.24) is 0 Å². The van der Waals surface area contributed by atoms with E-state index in [0.717, 1.165) is 16.9 Å². The normalized spacial score (nSPS) is 14.1. The molecule has 1 heterocycles. The van der Waals surface area contributed by atoms with Crippen molar-refractivity contribution in [3.63, 3.8) is 0 Å². The third-order valence-electron chi connectivity index (χ3n) is 3.65. The highest BCUT2D eigenvalue weighted by atomic mass is 35.5. The van der Waals surface area contributed by atoms with Crippen molar-refractivity contribution in [1.29, 1.82) is 0 Å². The summed E-state index contributed by atoms with van der Waals surface area (Å²) < 4.78 is 5.56. The van der Waals surface area contributed by atoms with E-state index in [1.807, 2.05) is 18.2 Å². The van der Waals surface area contributed by atoms with Gasteiger partial charge in [0.05, 0.1) is 0 Å². The van der Waals surface area contributed by atoms with Crippen LogP contribution >= 0.6 is 35.9 Å². The van der Waals surface area contributed by atoms with Crippen molar-refractivity contribution >= 4 is 46.2 Å². The van der Waals surface area contributed by atoms with Gasteiger partial charge in [-0.15, -0.1) is 12.4 Å². The fourth-order valence-corrected chi connectivity index (χ4v) is 4.22. The van der Waals surface area contributed by atoms with Crippen molar-refractivity contribution in [2.24, 2.45) is 5.73 Å². The minimum atomic E-state index is -0.0827. The Kier molecular flexibility index (Phi) is 7.38. The summed E-state index contributed by atoms with van der Waals surface area (Å²) in [5.41, 5.74) is 8.50. The zero-order valence-electron chi connectivity index (χ0n) is 13.4. The van der Waals surface area contributed by atoms with Gasteiger partial charge in [-0.3, -0.25) is 9.59 Å². The average Bonchev–Trinajstić information content (AvgIpc) is 2.62. The third kappa shape index (κ3) is 4.79. The Bertz CT molecular complexity index is 783. The molecule has 0 aliphatic carbocycles. The maximum atomic E-state index is 12.5. The van der Waals surface area contributed by atoms with Gasteiger partial charge in [0.15, 0.2) is 0 Å². The number of carbonyl (C=O) groups excluding carboxylic acids is 2. The Balaban J connectivity index is 0.00000225. The topological polar surface area (TPSA) is 69.4 Å². The van der Waals surface area contributed by atoms with Crippen LogP contribution in [0.1, 0.15) is 31.8 Å². The second-order valence-corrected chi connectivity index (χ2v) is 7.16. The molecular formula is C18H18ClNO3S2. The molecule has 0 saturated heterocycles. The number of ether oxygens (including phenoxy) is 1. The lowest BCUT2D eigenvalue weighted by molar-refractivity contribution is 0.105. The molecule has 0 bridgehead atoms. The molecule has 0 unspecified atom stereocenters. The molecule has 0 aromatic heterocycles. The molecule has 2 N–H and O–H groups in total. The Morgan fingerprint density at radius 3 is 2.12 bits per heavy atom. The lowest BCUT2D eigenvalue weighted by Crippen LogP contribution is -2.11. The standard InChI is InChI=1S/C18H17NO3S2.ClH/c19-7-8-22-14-6-5-12-10-23-17(20)15-3-1-2-4-16(15)18(21)24-11-13(12)9-14;/h1-6,9H,7-8,10-11,19H2;1H. The first-order valence-electron chi connectivity index (χ1n) is 7.57. The second-order valence-electron chi connectivity index (χ2n) is 5.27. The van der Waals surface area contributed by atoms with Gasteiger partial charge in [0, 0.05) is 29.2 Å². The van der Waals surface area contributed by atoms with Gasteiger partial charge in [0.2, 0.25) is 10.2 Å². The summed E-state index contributed by atoms with van der Waals surface area (Å²) >= 11 is 2.44. The van der Waals surface area contributed by atoms with Gasteiger partial charge in [0.1, 0.15) is 12.4 Å². The summed E-state index contributed by atoms with van der Waals surface area (Å²) in [4.78, 5) is 24.9. The van der Waals surface area contributed by atoms with Gasteiger partial charge in [-0.1, -0.05) is 41.7 Å². The van der Waals surface area contributed by atoms with Crippen molar-refractivity contribution in [2.75, 3.05) is 13.2 Å². The molecule has 1 aliphatic rings. The summed E-state index contributed by atoms with van der Waals surface area (Å²) in [7, 11) is 0. The van der Waals surface area contributed by atoms with E-state index in [1.54, 1.807) is 24.3 Å². The summed E-state index contributed by atoms with van der Waals surface area (Å²) in [6.07, 6.45) is 0. The lowest BCUT2D eigenvalue weighted by Gasteiger charge is -2.15. The Morgan fingerprint density at radius 2 is 1.52 bits per heavy atom. The average molecular weight is 396 g/mol. The van der Waals surface area contributed by atoms with Crippen LogP contribution in [0.5, 0.6) is 5.75 Å². The van der Waals surface area contributed by atoms with Crippen LogP contribution in [0.3, 0.4) is 0 Å². The predicted octanol–water partition coefficient (Wildman–Crippen LogP) is 3.91. The number of hydrogen-bond acceptors (Lipinski definition) is 6. The van der Waals surface area contributed by atoms with Gasteiger partial charge >= 0.3 is 0 Å². The minimum Gasteiger partial charge on any atom is -0.492 e. The Labute approximate surface area is 161 Å². The Hall–Kier alpha value is -1.47. The van der Waals surface area contributed by atoms with E-state index < -0.39 is 0 Å². The molecule has 0 amide bonds. The maximum Gasteiger partial charge on any atom is 0.220 e. The van der Waals surface area contributed by atoms with Crippen molar-refractivity contribution in [3.05, 3.63) is 64.7 Å². The molecule has 3 rings (SSSR count). The van der Waals surface area contributed by atoms with E-state index in [-0.39, 0.29) is 22.6 Å². The third-order valence-corrected chi connectivity index (χ3v) is 5.52. The van der Waals surface area contributed by atoms with Crippen LogP contribution in [0.15, 0.2) is 42.5 Å². The first kappa shape index (κ1) is 19.8. The van der Waals surface area contributed by atoms with Crippen molar-refractivity contribution in [3.8, 4) is 5.75 Å². The SMILES string of the molecule is Cl.NCCOc1ccc2c(c1)CSC(=O)c1ccccc1C(=O)SC2. The second kappa shape index (κ2) is 9.29. The zero-order valence-corrected chi connectivity index (χ0v) is 15.8. The summed E-state index contributed by atoms with van der Waals surface area (Å²) in [6.45, 7) is 0.900. The van der Waals surface area contributed by atoms with E-state index in [2.05, 4.69) is 0 Å². The van der Waals surface area contributed by atoms with Gasteiger partial charge in [0.25, 0.3) is 0 Å². The largest absolute Gasteiger partial charge is 0.492 e. The van der Waals surface area contributed by atoms with Crippen molar-refractivity contribution < 1.29 is 14.3 Å². The molecule has 0 spiro atoms. The molecule has 2 aromatic rings. The molecule has 0 fully saturated rings. The molecule has 7 heteroatoms. The number of nitrogens with two attached hydrogens (primary N) is 1. The fourth-order valence-electron chi connectivity index (χ4n) is 2.43. The molecule has 4 nitrogen and oxygen atoms in total. The molecule has 0 saturated carbocycles. The number of benzene rings is 2. The molecule has 0 radical (unpaired) electrons. The monoisotopic (exact) mass is 395 g/mol. The lowest BCUT2D eigenvalue weighted by atomic mass is 10.1. The van der Waals surface area contributed by atoms with Crippen LogP contribution in [-0.4, -0.2) is 23.4 Å². The number of fused-ring (bicyclic) bond motifs is 2. The van der Waals surface area contributed by atoms with Crippen LogP contribution in [0, 0.1) is 0 Å². The van der Waals surface area contributed by atoms with E-state index in [0.29, 0.717) is 35.8 Å². The first-order valence-corrected chi connectivity index (χ1v) is 9.54. The summed E-state index contributed by atoms with van der Waals surface area (Å²) in [5, 5.41) is -0.156. The maximum absolute atomic E-state index is 12.5. The van der Waals surface area contributed by atoms with Gasteiger partial charge in [-0.05, 0) is 35.4 Å². The van der Waals surface area contributed by atoms with E-state index in [4.69, 9.17) is 10.5 Å². The predicted molar refractivity (Wildman–Crippen MR) is 106 cm³/mol. The fraction of sp³-hybridized carbons (Fsp3) is 0.222. The summed E-state index contributed by atoms with van der Waals surface area (Å²) in [5.74, 6) is 1.87. The van der Waals surface area contributed by atoms with Crippen molar-refractivity contribution in [2.45, 2.75) is 11.5 Å². The number of halogens is 1. The van der Waals surface area contributed by atoms with Crippen LogP contribution in [0.25, 0.3) is 0 Å². The molecule has 1 aliphatic heterocycles. The van der Waals surface area contributed by atoms with Crippen LogP contribution in [-0.2, 0) is 11.5 Å². The number of carbonyl (C=O) groups is 2. The first-order chi connectivity index (χ1) is 11.7. The quantitative estimate of drug-likeness (QED) is 0.849. The smallest absolute Gasteiger partial charge is 0.220 e. The number of thioether (sulfide) groups is 2. The van der Waals surface area contributed by atoms with Crippen LogP contribution < -0.4 is 10.5 Å². The Morgan fingerprint density at radius 1 is 0.920 bits per heavy atom. The molecule has 25 heavy (non-hydrogen) atoms. The highest BCUT2D eigenvalue weighted by molar-refractivity contribution is 8.14. The van der Waals surface area contributed by atoms with Gasteiger partial charge in [-0.2, -0.15) is 0 Å². The minimum absolute atomic E-state index is 0. The van der Waals surface area contributed by atoms with Crippen LogP contribution in [0.2, 0.25) is 0 Å². The van der Waals surface area contributed by atoms with E-state index >= 15 is 0 Å². The number of hydrogen-bond donors (Lipinski definition) is 1. The molecule has 2 aromatic carbocycles. The molecule has 132 valence electrons. The van der Waals surface area contributed by atoms with Gasteiger partial charge < -0.3 is 10.5 Å². The van der Waals surface area contributed by atoms with E-state index in [1.165, 1.54) is 23.5 Å².